The Bertz CT molecular complexity index is 1520. The van der Waals surface area contributed by atoms with Crippen molar-refractivity contribution in [1.82, 2.24) is 28.6 Å². The standard InChI is InChI=1S/C22H22F2N6O4S/c1-35(32,33)28-11-8-16(9-12-28)30-17-3-2-10-25-19(17)29(22(30)31)13-14-4-6-15(7-5-14)20-26-27-21(34-20)18(23)24/h2-7,10,16,18H,8-9,11-13H2,1H3. The van der Waals surface area contributed by atoms with Gasteiger partial charge >= 0.3 is 12.1 Å². The zero-order valence-electron chi connectivity index (χ0n) is 18.7. The van der Waals surface area contributed by atoms with Gasteiger partial charge in [0.15, 0.2) is 5.65 Å². The van der Waals surface area contributed by atoms with Gasteiger partial charge in [0.1, 0.15) is 0 Å². The number of pyridine rings is 1. The van der Waals surface area contributed by atoms with Crippen molar-refractivity contribution in [3.05, 3.63) is 64.5 Å². The number of piperidine rings is 1. The first-order chi connectivity index (χ1) is 16.7. The number of hydrogen-bond acceptors (Lipinski definition) is 7. The van der Waals surface area contributed by atoms with Crippen molar-refractivity contribution in [2.75, 3.05) is 19.3 Å². The van der Waals surface area contributed by atoms with Crippen molar-refractivity contribution in [2.45, 2.75) is 31.9 Å². The van der Waals surface area contributed by atoms with Crippen molar-refractivity contribution in [3.8, 4) is 11.5 Å². The molecule has 1 saturated heterocycles. The summed E-state index contributed by atoms with van der Waals surface area (Å²) in [7, 11) is -3.27. The zero-order valence-corrected chi connectivity index (χ0v) is 19.5. The molecule has 184 valence electrons. The highest BCUT2D eigenvalue weighted by Gasteiger charge is 2.29. The highest BCUT2D eigenvalue weighted by molar-refractivity contribution is 7.88. The van der Waals surface area contributed by atoms with Crippen LogP contribution in [0.2, 0.25) is 0 Å². The summed E-state index contributed by atoms with van der Waals surface area (Å²) >= 11 is 0. The molecule has 4 heterocycles. The minimum atomic E-state index is -3.27. The van der Waals surface area contributed by atoms with Crippen LogP contribution in [-0.4, -0.2) is 56.4 Å². The Kier molecular flexibility index (Phi) is 5.97. The molecule has 0 aliphatic carbocycles. The average molecular weight is 505 g/mol. The molecule has 1 aliphatic heterocycles. The van der Waals surface area contributed by atoms with E-state index in [0.717, 1.165) is 5.56 Å². The molecule has 10 nitrogen and oxygen atoms in total. The summed E-state index contributed by atoms with van der Waals surface area (Å²) in [6.07, 6.45) is 1.03. The number of nitrogens with zero attached hydrogens (tertiary/aromatic N) is 6. The minimum absolute atomic E-state index is 0.0114. The second-order valence-corrected chi connectivity index (χ2v) is 10.4. The molecule has 3 aromatic heterocycles. The Hall–Kier alpha value is -3.45. The second kappa shape index (κ2) is 8.96. The van der Waals surface area contributed by atoms with E-state index in [9.17, 15) is 22.0 Å². The Morgan fingerprint density at radius 2 is 1.83 bits per heavy atom. The maximum Gasteiger partial charge on any atom is 0.330 e. The quantitative estimate of drug-likeness (QED) is 0.396. The number of benzene rings is 1. The normalized spacial score (nSPS) is 15.9. The predicted octanol–water partition coefficient (Wildman–Crippen LogP) is 2.83. The highest BCUT2D eigenvalue weighted by Crippen LogP contribution is 2.27. The van der Waals surface area contributed by atoms with Crippen LogP contribution in [-0.2, 0) is 16.6 Å². The number of fused-ring (bicyclic) bond motifs is 1. The van der Waals surface area contributed by atoms with E-state index in [-0.39, 0.29) is 24.2 Å². The summed E-state index contributed by atoms with van der Waals surface area (Å²) < 4.78 is 58.8. The van der Waals surface area contributed by atoms with Crippen LogP contribution in [0.4, 0.5) is 8.78 Å². The molecular formula is C22H22F2N6O4S. The Morgan fingerprint density at radius 3 is 2.46 bits per heavy atom. The number of sulfonamides is 1. The van der Waals surface area contributed by atoms with E-state index in [4.69, 9.17) is 4.42 Å². The molecule has 1 fully saturated rings. The number of aromatic nitrogens is 5. The van der Waals surface area contributed by atoms with E-state index in [1.54, 1.807) is 45.7 Å². The molecule has 4 aromatic rings. The summed E-state index contributed by atoms with van der Waals surface area (Å²) in [6, 6.07) is 10.3. The van der Waals surface area contributed by atoms with Crippen LogP contribution in [0, 0.1) is 0 Å². The van der Waals surface area contributed by atoms with Gasteiger partial charge in [0.25, 0.3) is 5.89 Å². The molecular weight excluding hydrogens is 482 g/mol. The first kappa shape index (κ1) is 23.3. The van der Waals surface area contributed by atoms with Crippen LogP contribution in [0.3, 0.4) is 0 Å². The van der Waals surface area contributed by atoms with E-state index in [1.807, 2.05) is 6.07 Å². The maximum absolute atomic E-state index is 13.5. The number of imidazole rings is 1. The van der Waals surface area contributed by atoms with Crippen molar-refractivity contribution in [2.24, 2.45) is 0 Å². The van der Waals surface area contributed by atoms with E-state index < -0.39 is 22.3 Å². The van der Waals surface area contributed by atoms with Gasteiger partial charge in [0.2, 0.25) is 15.9 Å². The SMILES string of the molecule is CS(=O)(=O)N1CCC(n2c(=O)n(Cc3ccc(-c4nnc(C(F)F)o4)cc3)c3ncccc32)CC1. The van der Waals surface area contributed by atoms with Gasteiger partial charge in [-0.15, -0.1) is 10.2 Å². The highest BCUT2D eigenvalue weighted by atomic mass is 32.2. The minimum Gasteiger partial charge on any atom is -0.415 e. The van der Waals surface area contributed by atoms with Crippen LogP contribution in [0.1, 0.15) is 36.8 Å². The van der Waals surface area contributed by atoms with E-state index in [1.165, 1.54) is 10.6 Å². The fraction of sp³-hybridized carbons (Fsp3) is 0.364. The van der Waals surface area contributed by atoms with Gasteiger partial charge in [-0.2, -0.15) is 8.78 Å². The lowest BCUT2D eigenvalue weighted by Crippen LogP contribution is -2.40. The second-order valence-electron chi connectivity index (χ2n) is 8.42. The third-order valence-corrected chi connectivity index (χ3v) is 7.45. The van der Waals surface area contributed by atoms with Crippen molar-refractivity contribution >= 4 is 21.2 Å². The smallest absolute Gasteiger partial charge is 0.330 e. The van der Waals surface area contributed by atoms with E-state index in [2.05, 4.69) is 15.2 Å². The molecule has 1 aliphatic rings. The molecule has 0 unspecified atom stereocenters. The van der Waals surface area contributed by atoms with Gasteiger partial charge in [-0.1, -0.05) is 12.1 Å². The summed E-state index contributed by atoms with van der Waals surface area (Å²) in [5, 5.41) is 6.98. The fourth-order valence-electron chi connectivity index (χ4n) is 4.41. The first-order valence-electron chi connectivity index (χ1n) is 10.9. The number of alkyl halides is 2. The molecule has 0 amide bonds. The molecule has 0 atom stereocenters. The third kappa shape index (κ3) is 4.48. The molecule has 0 bridgehead atoms. The van der Waals surface area contributed by atoms with Crippen molar-refractivity contribution in [3.63, 3.8) is 0 Å². The van der Waals surface area contributed by atoms with Crippen molar-refractivity contribution in [1.29, 1.82) is 0 Å². The topological polar surface area (TPSA) is 116 Å². The van der Waals surface area contributed by atoms with E-state index in [0.29, 0.717) is 42.7 Å². The molecule has 0 radical (unpaired) electrons. The molecule has 0 N–H and O–H groups in total. The number of rotatable bonds is 6. The zero-order chi connectivity index (χ0) is 24.7. The number of hydrogen-bond donors (Lipinski definition) is 0. The molecule has 0 spiro atoms. The summed E-state index contributed by atoms with van der Waals surface area (Å²) in [6.45, 7) is 0.953. The largest absolute Gasteiger partial charge is 0.415 e. The molecule has 1 aromatic carbocycles. The van der Waals surface area contributed by atoms with Gasteiger partial charge in [0.05, 0.1) is 18.3 Å². The van der Waals surface area contributed by atoms with Crippen molar-refractivity contribution < 1.29 is 21.6 Å². The van der Waals surface area contributed by atoms with Crippen LogP contribution < -0.4 is 5.69 Å². The molecule has 0 saturated carbocycles. The lowest BCUT2D eigenvalue weighted by molar-refractivity contribution is 0.116. The average Bonchev–Trinajstić information content (AvgIpc) is 3.43. The maximum atomic E-state index is 13.5. The molecule has 5 rings (SSSR count). The lowest BCUT2D eigenvalue weighted by atomic mass is 10.1. The number of halogens is 2. The lowest BCUT2D eigenvalue weighted by Gasteiger charge is -2.30. The Balaban J connectivity index is 1.42. The molecule has 35 heavy (non-hydrogen) atoms. The summed E-state index contributed by atoms with van der Waals surface area (Å²) in [5.74, 6) is -0.750. The Morgan fingerprint density at radius 1 is 1.11 bits per heavy atom. The summed E-state index contributed by atoms with van der Waals surface area (Å²) in [4.78, 5) is 17.9. The van der Waals surface area contributed by atoms with Gasteiger partial charge in [-0.3, -0.25) is 9.13 Å². The monoisotopic (exact) mass is 504 g/mol. The van der Waals surface area contributed by atoms with Crippen LogP contribution in [0.15, 0.2) is 51.8 Å². The first-order valence-corrected chi connectivity index (χ1v) is 12.8. The third-order valence-electron chi connectivity index (χ3n) is 6.14. The van der Waals surface area contributed by atoms with Crippen LogP contribution in [0.5, 0.6) is 0 Å². The Labute approximate surface area is 198 Å². The molecule has 13 heteroatoms. The van der Waals surface area contributed by atoms with Crippen LogP contribution >= 0.6 is 0 Å². The van der Waals surface area contributed by atoms with Gasteiger partial charge in [-0.05, 0) is 42.7 Å². The van der Waals surface area contributed by atoms with Gasteiger partial charge in [0, 0.05) is 30.9 Å². The fourth-order valence-corrected chi connectivity index (χ4v) is 5.28. The van der Waals surface area contributed by atoms with E-state index >= 15 is 0 Å². The van der Waals surface area contributed by atoms with Gasteiger partial charge in [-0.25, -0.2) is 22.5 Å². The van der Waals surface area contributed by atoms with Gasteiger partial charge < -0.3 is 4.42 Å². The predicted molar refractivity (Wildman–Crippen MR) is 122 cm³/mol. The summed E-state index contributed by atoms with van der Waals surface area (Å²) in [5.41, 5.74) is 2.28. The van der Waals surface area contributed by atoms with Crippen LogP contribution in [0.25, 0.3) is 22.6 Å².